The number of carbonyl (C=O) groups is 2. The summed E-state index contributed by atoms with van der Waals surface area (Å²) < 4.78 is 29.9. The van der Waals surface area contributed by atoms with Gasteiger partial charge in [-0.1, -0.05) is 56.5 Å². The summed E-state index contributed by atoms with van der Waals surface area (Å²) in [6.45, 7) is 10.3. The van der Waals surface area contributed by atoms with Crippen LogP contribution in [0.1, 0.15) is 82.8 Å². The first-order valence-electron chi connectivity index (χ1n) is 16.6. The van der Waals surface area contributed by atoms with Crippen molar-refractivity contribution in [1.29, 1.82) is 0 Å². The van der Waals surface area contributed by atoms with Crippen LogP contribution in [-0.4, -0.2) is 58.0 Å². The van der Waals surface area contributed by atoms with Crippen molar-refractivity contribution in [2.24, 2.45) is 5.92 Å². The summed E-state index contributed by atoms with van der Waals surface area (Å²) >= 11 is 0. The monoisotopic (exact) mass is 635 g/mol. The van der Waals surface area contributed by atoms with E-state index in [1.807, 2.05) is 44.2 Å². The van der Waals surface area contributed by atoms with Crippen LogP contribution >= 0.6 is 0 Å². The molecule has 0 radical (unpaired) electrons. The fourth-order valence-corrected chi connectivity index (χ4v) is 7.78. The first-order chi connectivity index (χ1) is 21.4. The average Bonchev–Trinajstić information content (AvgIpc) is 3.29. The van der Waals surface area contributed by atoms with E-state index in [0.717, 1.165) is 41.0 Å². The number of nitrogens with zero attached hydrogens (tertiary/aromatic N) is 2. The maximum atomic E-state index is 13.8. The van der Waals surface area contributed by atoms with Gasteiger partial charge in [0.05, 0.1) is 17.4 Å². The van der Waals surface area contributed by atoms with Crippen LogP contribution in [0.5, 0.6) is 0 Å². The molecule has 244 valence electrons. The third kappa shape index (κ3) is 7.80. The Morgan fingerprint density at radius 3 is 2.31 bits per heavy atom. The summed E-state index contributed by atoms with van der Waals surface area (Å²) in [7, 11) is -3.29. The minimum Gasteiger partial charge on any atom is -0.444 e. The summed E-state index contributed by atoms with van der Waals surface area (Å²) in [5.74, 6) is 0.644. The molecule has 2 aliphatic heterocycles. The van der Waals surface area contributed by atoms with Crippen molar-refractivity contribution in [1.82, 2.24) is 5.32 Å². The minimum atomic E-state index is -3.29. The predicted molar refractivity (Wildman–Crippen MR) is 181 cm³/mol. The molecule has 2 amide bonds. The Bertz CT molecular complexity index is 1520. The van der Waals surface area contributed by atoms with Gasteiger partial charge in [0.15, 0.2) is 9.84 Å². The molecule has 45 heavy (non-hydrogen) atoms. The molecule has 9 heteroatoms. The van der Waals surface area contributed by atoms with E-state index in [-0.39, 0.29) is 29.1 Å². The molecule has 2 unspecified atom stereocenters. The summed E-state index contributed by atoms with van der Waals surface area (Å²) in [5.41, 5.74) is 5.30. The van der Waals surface area contributed by atoms with Gasteiger partial charge in [-0.25, -0.2) is 13.2 Å². The first-order valence-corrected chi connectivity index (χ1v) is 18.4. The number of nitrogens with one attached hydrogen (secondary N) is 1. The van der Waals surface area contributed by atoms with Crippen LogP contribution in [0.15, 0.2) is 47.9 Å². The second-order valence-electron chi connectivity index (χ2n) is 13.4. The number of benzene rings is 2. The second kappa shape index (κ2) is 14.1. The molecule has 3 atom stereocenters. The van der Waals surface area contributed by atoms with E-state index < -0.39 is 9.84 Å². The topological polar surface area (TPSA) is 96.0 Å². The number of hydrogen-bond donors (Lipinski definition) is 1. The zero-order valence-corrected chi connectivity index (χ0v) is 28.1. The zero-order chi connectivity index (χ0) is 32.3. The number of sulfone groups is 1. The zero-order valence-electron chi connectivity index (χ0n) is 27.3. The van der Waals surface area contributed by atoms with Crippen LogP contribution in [0.4, 0.5) is 16.2 Å². The van der Waals surface area contributed by atoms with Gasteiger partial charge >= 0.3 is 6.09 Å². The number of aryl methyl sites for hydroxylation is 2. The second-order valence-corrected chi connectivity index (χ2v) is 15.5. The molecule has 5 rings (SSSR count). The van der Waals surface area contributed by atoms with Gasteiger partial charge in [0.2, 0.25) is 5.91 Å². The Morgan fingerprint density at radius 2 is 1.67 bits per heavy atom. The molecule has 3 aliphatic rings. The van der Waals surface area contributed by atoms with Crippen LogP contribution < -0.4 is 15.1 Å². The van der Waals surface area contributed by atoms with Gasteiger partial charge in [-0.2, -0.15) is 0 Å². The Balaban J connectivity index is 1.35. The molecular weight excluding hydrogens is 586 g/mol. The molecule has 1 saturated heterocycles. The number of piperidine rings is 1. The van der Waals surface area contributed by atoms with E-state index >= 15 is 0 Å². The largest absolute Gasteiger partial charge is 0.444 e. The van der Waals surface area contributed by atoms with Crippen molar-refractivity contribution in [3.05, 3.63) is 59.0 Å². The number of rotatable bonds is 7. The van der Waals surface area contributed by atoms with E-state index in [0.29, 0.717) is 43.3 Å². The van der Waals surface area contributed by atoms with Crippen LogP contribution in [0.25, 0.3) is 11.1 Å². The third-order valence-electron chi connectivity index (χ3n) is 10.00. The number of fused-ring (bicyclic) bond motifs is 1. The van der Waals surface area contributed by atoms with Gasteiger partial charge in [0.25, 0.3) is 0 Å². The normalized spacial score (nSPS) is 22.8. The Kier molecular flexibility index (Phi) is 10.4. The highest BCUT2D eigenvalue weighted by molar-refractivity contribution is 7.94. The van der Waals surface area contributed by atoms with Crippen molar-refractivity contribution in [3.63, 3.8) is 0 Å². The molecule has 0 spiro atoms. The fraction of sp³-hybridized carbons (Fsp3) is 0.556. The van der Waals surface area contributed by atoms with Crippen LogP contribution in [-0.2, 0) is 25.8 Å². The highest BCUT2D eigenvalue weighted by Gasteiger charge is 2.36. The molecule has 0 bridgehead atoms. The molecule has 2 aromatic rings. The highest BCUT2D eigenvalue weighted by Crippen LogP contribution is 2.40. The number of anilines is 2. The summed E-state index contributed by atoms with van der Waals surface area (Å²) in [6, 6.07) is 12.3. The van der Waals surface area contributed by atoms with Crippen LogP contribution in [0, 0.1) is 12.8 Å². The number of ether oxygens (including phenoxy) is 1. The summed E-state index contributed by atoms with van der Waals surface area (Å²) in [6.07, 6.45) is 11.3. The van der Waals surface area contributed by atoms with Gasteiger partial charge < -0.3 is 15.0 Å². The highest BCUT2D eigenvalue weighted by atomic mass is 32.2. The maximum absolute atomic E-state index is 13.8. The number of hydrogen-bond acceptors (Lipinski definition) is 6. The Morgan fingerprint density at radius 1 is 0.978 bits per heavy atom. The SMILES string of the molecule is C=C(CCc1cc(-c2ccc3c(c2)N(C(=O)OC2CCC(C4CCCCCC4)NC2)C[C@H](C)N3C(C)=O)ccc1C)S(C)(=O)=O. The van der Waals surface area contributed by atoms with E-state index in [1.165, 1.54) is 44.8 Å². The van der Waals surface area contributed by atoms with Crippen LogP contribution in [0.2, 0.25) is 0 Å². The minimum absolute atomic E-state index is 0.0747. The van der Waals surface area contributed by atoms with Crippen molar-refractivity contribution < 1.29 is 22.7 Å². The van der Waals surface area contributed by atoms with E-state index in [2.05, 4.69) is 18.0 Å². The molecule has 1 N–H and O–H groups in total. The molecule has 2 fully saturated rings. The molecule has 1 saturated carbocycles. The lowest BCUT2D eigenvalue weighted by molar-refractivity contribution is -0.117. The van der Waals surface area contributed by atoms with E-state index in [1.54, 1.807) is 16.7 Å². The van der Waals surface area contributed by atoms with Crippen molar-refractivity contribution in [3.8, 4) is 11.1 Å². The van der Waals surface area contributed by atoms with Crippen molar-refractivity contribution in [2.45, 2.75) is 103 Å². The van der Waals surface area contributed by atoms with Crippen molar-refractivity contribution >= 4 is 33.2 Å². The predicted octanol–water partition coefficient (Wildman–Crippen LogP) is 6.94. The van der Waals surface area contributed by atoms with E-state index in [9.17, 15) is 18.0 Å². The molecular formula is C36H49N3O5S. The van der Waals surface area contributed by atoms with Gasteiger partial charge in [0.1, 0.15) is 6.10 Å². The smallest absolute Gasteiger partial charge is 0.414 e. The first kappa shape index (κ1) is 33.2. The average molecular weight is 636 g/mol. The summed E-state index contributed by atoms with van der Waals surface area (Å²) in [5, 5.41) is 3.70. The molecule has 2 aromatic carbocycles. The Hall–Kier alpha value is -3.17. The molecule has 0 aromatic heterocycles. The quantitative estimate of drug-likeness (QED) is 0.331. The standard InChI is InChI=1S/C36H49N3O5S/c1-24-12-14-30(20-29(24)15-13-26(3)45(5,42)43)31-16-19-34-35(21-31)38(23-25(2)39(34)27(4)40)36(41)44-32-17-18-33(37-22-32)28-10-8-6-7-9-11-28/h12,14,16,19-21,25,28,32-33,37H,3,6-11,13,15,17-18,22-23H2,1-2,4-5H3/t25-,32?,33?/m0/s1. The Labute approximate surface area is 269 Å². The number of allylic oxidation sites excluding steroid dienone is 1. The third-order valence-corrected chi connectivity index (χ3v) is 11.2. The van der Waals surface area contributed by atoms with Gasteiger partial charge in [0, 0.05) is 37.2 Å². The van der Waals surface area contributed by atoms with Crippen LogP contribution in [0.3, 0.4) is 0 Å². The molecule has 2 heterocycles. The van der Waals surface area contributed by atoms with Gasteiger partial charge in [-0.05, 0) is 92.7 Å². The van der Waals surface area contributed by atoms with Gasteiger partial charge in [-0.15, -0.1) is 0 Å². The maximum Gasteiger partial charge on any atom is 0.414 e. The molecule has 1 aliphatic carbocycles. The summed E-state index contributed by atoms with van der Waals surface area (Å²) in [4.78, 5) is 30.1. The van der Waals surface area contributed by atoms with Gasteiger partial charge in [-0.3, -0.25) is 9.69 Å². The lowest BCUT2D eigenvalue weighted by Gasteiger charge is -2.41. The number of amides is 2. The fourth-order valence-electron chi connectivity index (χ4n) is 7.31. The lowest BCUT2D eigenvalue weighted by atomic mass is 9.86. The van der Waals surface area contributed by atoms with Crippen molar-refractivity contribution in [2.75, 3.05) is 29.1 Å². The lowest BCUT2D eigenvalue weighted by Crippen LogP contribution is -2.53. The number of carbonyl (C=O) groups excluding carboxylic acids is 2. The van der Waals surface area contributed by atoms with E-state index in [4.69, 9.17) is 4.74 Å². The molecule has 8 nitrogen and oxygen atoms in total.